The van der Waals surface area contributed by atoms with Crippen LogP contribution >= 0.6 is 0 Å². The quantitative estimate of drug-likeness (QED) is 0.623. The highest BCUT2D eigenvalue weighted by molar-refractivity contribution is 5.94. The molecule has 0 radical (unpaired) electrons. The van der Waals surface area contributed by atoms with Crippen molar-refractivity contribution in [2.75, 3.05) is 14.2 Å². The smallest absolute Gasteiger partial charge is 0.270 e. The molecule has 1 atom stereocenters. The molecule has 0 aliphatic heterocycles. The summed E-state index contributed by atoms with van der Waals surface area (Å²) in [7, 11) is 3.14. The number of hydrogen-bond donors (Lipinski definition) is 1. The topological polar surface area (TPSA) is 65.4 Å². The van der Waals surface area contributed by atoms with Crippen LogP contribution in [0.3, 0.4) is 0 Å². The van der Waals surface area contributed by atoms with Crippen LogP contribution < -0.4 is 14.8 Å². The Balaban J connectivity index is 2.10. The van der Waals surface area contributed by atoms with Crippen LogP contribution in [0.4, 0.5) is 4.39 Å². The number of carbonyl (C=O) groups is 1. The van der Waals surface area contributed by atoms with E-state index < -0.39 is 0 Å². The summed E-state index contributed by atoms with van der Waals surface area (Å²) < 4.78 is 25.7. The molecule has 1 heterocycles. The fourth-order valence-electron chi connectivity index (χ4n) is 2.91. The normalized spacial score (nSPS) is 12.0. The third kappa shape index (κ3) is 4.45. The van der Waals surface area contributed by atoms with Crippen molar-refractivity contribution in [1.82, 2.24) is 15.1 Å². The van der Waals surface area contributed by atoms with Crippen molar-refractivity contribution in [2.24, 2.45) is 5.92 Å². The van der Waals surface area contributed by atoms with E-state index in [9.17, 15) is 9.18 Å². The molecule has 0 aliphatic rings. The van der Waals surface area contributed by atoms with Gasteiger partial charge in [0.2, 0.25) is 0 Å². The first-order valence-corrected chi connectivity index (χ1v) is 9.73. The number of rotatable bonds is 7. The van der Waals surface area contributed by atoms with E-state index in [0.717, 1.165) is 0 Å². The van der Waals surface area contributed by atoms with Crippen molar-refractivity contribution in [3.63, 3.8) is 0 Å². The maximum atomic E-state index is 13.4. The first kappa shape index (κ1) is 21.4. The third-order valence-electron chi connectivity index (χ3n) is 5.06. The fourth-order valence-corrected chi connectivity index (χ4v) is 2.91. The minimum absolute atomic E-state index is 0.0203. The van der Waals surface area contributed by atoms with E-state index in [-0.39, 0.29) is 23.7 Å². The molecule has 3 rings (SSSR count). The maximum Gasteiger partial charge on any atom is 0.270 e. The Morgan fingerprint density at radius 2 is 1.73 bits per heavy atom. The van der Waals surface area contributed by atoms with Crippen LogP contribution in [0.15, 0.2) is 48.5 Å². The number of carbonyl (C=O) groups excluding carboxylic acids is 1. The number of halogens is 1. The molecule has 1 amide bonds. The maximum absolute atomic E-state index is 13.4. The van der Waals surface area contributed by atoms with Gasteiger partial charge in [0.25, 0.3) is 5.91 Å². The van der Waals surface area contributed by atoms with E-state index >= 15 is 0 Å². The summed E-state index contributed by atoms with van der Waals surface area (Å²) in [5.41, 5.74) is 2.20. The Kier molecular flexibility index (Phi) is 6.40. The number of benzene rings is 2. The molecule has 3 aromatic rings. The first-order valence-electron chi connectivity index (χ1n) is 9.73. The standard InChI is InChI=1S/C23H26FN3O3/c1-14(2)15(3)25-23(28)21-13-20(19-11-10-18(29-4)12-22(19)30-5)26-27(21)17-8-6-16(24)7-9-17/h6-15H,1-5H3,(H,25,28)/t15-/m0/s1. The summed E-state index contributed by atoms with van der Waals surface area (Å²) in [6.07, 6.45) is 0. The SMILES string of the molecule is COc1ccc(-c2cc(C(=O)N[C@@H](C)C(C)C)n(-c3ccc(F)cc3)n2)c(OC)c1. The van der Waals surface area contributed by atoms with Gasteiger partial charge in [0.05, 0.1) is 25.6 Å². The van der Waals surface area contributed by atoms with Crippen LogP contribution in [0.2, 0.25) is 0 Å². The number of aromatic nitrogens is 2. The van der Waals surface area contributed by atoms with Gasteiger partial charge in [-0.05, 0) is 55.3 Å². The van der Waals surface area contributed by atoms with E-state index in [0.29, 0.717) is 34.1 Å². The Morgan fingerprint density at radius 3 is 2.33 bits per heavy atom. The first-order chi connectivity index (χ1) is 14.3. The zero-order valence-electron chi connectivity index (χ0n) is 17.8. The fraction of sp³-hybridized carbons (Fsp3) is 0.304. The molecule has 30 heavy (non-hydrogen) atoms. The zero-order valence-corrected chi connectivity index (χ0v) is 17.8. The van der Waals surface area contributed by atoms with Gasteiger partial charge in [-0.3, -0.25) is 4.79 Å². The molecule has 1 N–H and O–H groups in total. The number of amides is 1. The molecule has 0 aliphatic carbocycles. The number of methoxy groups -OCH3 is 2. The summed E-state index contributed by atoms with van der Waals surface area (Å²) in [5.74, 6) is 0.879. The monoisotopic (exact) mass is 411 g/mol. The minimum atomic E-state index is -0.359. The average molecular weight is 411 g/mol. The van der Waals surface area contributed by atoms with Gasteiger partial charge >= 0.3 is 0 Å². The zero-order chi connectivity index (χ0) is 21.8. The number of ether oxygens (including phenoxy) is 2. The lowest BCUT2D eigenvalue weighted by molar-refractivity contribution is 0.0922. The molecule has 0 saturated heterocycles. The molecule has 0 fully saturated rings. The lowest BCUT2D eigenvalue weighted by atomic mass is 10.1. The number of nitrogens with zero attached hydrogens (tertiary/aromatic N) is 2. The van der Waals surface area contributed by atoms with Gasteiger partial charge in [0, 0.05) is 17.7 Å². The minimum Gasteiger partial charge on any atom is -0.497 e. The average Bonchev–Trinajstić information content (AvgIpc) is 3.19. The second kappa shape index (κ2) is 8.98. The molecule has 7 heteroatoms. The van der Waals surface area contributed by atoms with Gasteiger partial charge in [-0.15, -0.1) is 0 Å². The Hall–Kier alpha value is -3.35. The number of nitrogens with one attached hydrogen (secondary N) is 1. The number of hydrogen-bond acceptors (Lipinski definition) is 4. The lowest BCUT2D eigenvalue weighted by Gasteiger charge is -2.17. The second-order valence-corrected chi connectivity index (χ2v) is 7.38. The Bertz CT molecular complexity index is 1030. The van der Waals surface area contributed by atoms with Gasteiger partial charge < -0.3 is 14.8 Å². The van der Waals surface area contributed by atoms with E-state index in [4.69, 9.17) is 9.47 Å². The van der Waals surface area contributed by atoms with Crippen LogP contribution in [0.25, 0.3) is 16.9 Å². The van der Waals surface area contributed by atoms with Gasteiger partial charge in [-0.1, -0.05) is 13.8 Å². The van der Waals surface area contributed by atoms with E-state index in [1.807, 2.05) is 26.8 Å². The van der Waals surface area contributed by atoms with Crippen molar-refractivity contribution in [2.45, 2.75) is 26.8 Å². The summed E-state index contributed by atoms with van der Waals surface area (Å²) in [6, 6.07) is 12.9. The largest absolute Gasteiger partial charge is 0.497 e. The van der Waals surface area contributed by atoms with E-state index in [2.05, 4.69) is 10.4 Å². The predicted molar refractivity (Wildman–Crippen MR) is 114 cm³/mol. The van der Waals surface area contributed by atoms with Crippen molar-refractivity contribution in [3.05, 3.63) is 60.0 Å². The Morgan fingerprint density at radius 1 is 1.03 bits per heavy atom. The third-order valence-corrected chi connectivity index (χ3v) is 5.06. The molecule has 0 bridgehead atoms. The van der Waals surface area contributed by atoms with Gasteiger partial charge in [0.15, 0.2) is 0 Å². The molecule has 158 valence electrons. The highest BCUT2D eigenvalue weighted by atomic mass is 19.1. The highest BCUT2D eigenvalue weighted by Gasteiger charge is 2.21. The van der Waals surface area contributed by atoms with Crippen molar-refractivity contribution in [1.29, 1.82) is 0 Å². The van der Waals surface area contributed by atoms with E-state index in [1.165, 1.54) is 16.8 Å². The van der Waals surface area contributed by atoms with Crippen LogP contribution in [0.5, 0.6) is 11.5 Å². The molecular formula is C23H26FN3O3. The molecular weight excluding hydrogens is 385 g/mol. The molecule has 1 aromatic heterocycles. The lowest BCUT2D eigenvalue weighted by Crippen LogP contribution is -2.37. The Labute approximate surface area is 175 Å². The van der Waals surface area contributed by atoms with Crippen LogP contribution in [-0.2, 0) is 0 Å². The van der Waals surface area contributed by atoms with Crippen molar-refractivity contribution < 1.29 is 18.7 Å². The van der Waals surface area contributed by atoms with Gasteiger partial charge in [0.1, 0.15) is 23.0 Å². The van der Waals surface area contributed by atoms with Gasteiger partial charge in [-0.25, -0.2) is 9.07 Å². The summed E-state index contributed by atoms with van der Waals surface area (Å²) in [5, 5.41) is 7.63. The van der Waals surface area contributed by atoms with Crippen molar-refractivity contribution >= 4 is 5.91 Å². The van der Waals surface area contributed by atoms with Crippen LogP contribution in [0, 0.1) is 11.7 Å². The highest BCUT2D eigenvalue weighted by Crippen LogP contribution is 2.33. The summed E-state index contributed by atoms with van der Waals surface area (Å²) in [6.45, 7) is 6.03. The predicted octanol–water partition coefficient (Wildman–Crippen LogP) is 4.47. The molecule has 0 unspecified atom stereocenters. The second-order valence-electron chi connectivity index (χ2n) is 7.38. The van der Waals surface area contributed by atoms with Crippen LogP contribution in [0.1, 0.15) is 31.3 Å². The summed E-state index contributed by atoms with van der Waals surface area (Å²) >= 11 is 0. The van der Waals surface area contributed by atoms with E-state index in [1.54, 1.807) is 44.6 Å². The van der Waals surface area contributed by atoms with Gasteiger partial charge in [-0.2, -0.15) is 5.10 Å². The van der Waals surface area contributed by atoms with Crippen LogP contribution in [-0.4, -0.2) is 35.9 Å². The molecule has 0 saturated carbocycles. The molecule has 0 spiro atoms. The molecule has 2 aromatic carbocycles. The molecule has 6 nitrogen and oxygen atoms in total. The van der Waals surface area contributed by atoms with Crippen molar-refractivity contribution in [3.8, 4) is 28.4 Å². The summed E-state index contributed by atoms with van der Waals surface area (Å²) in [4.78, 5) is 13.0.